The van der Waals surface area contributed by atoms with Gasteiger partial charge in [-0.1, -0.05) is 13.8 Å². The highest BCUT2D eigenvalue weighted by Gasteiger charge is 2.27. The fourth-order valence-electron chi connectivity index (χ4n) is 3.66. The van der Waals surface area contributed by atoms with Crippen molar-refractivity contribution in [2.75, 3.05) is 13.1 Å². The Hall–Kier alpha value is -2.08. The number of hydrogen-bond acceptors (Lipinski definition) is 4. The molecule has 2 aliphatic rings. The van der Waals surface area contributed by atoms with E-state index in [0.717, 1.165) is 38.2 Å². The number of nitrogens with zero attached hydrogens (tertiary/aromatic N) is 2. The number of carbonyl (C=O) groups is 1. The first-order chi connectivity index (χ1) is 12.5. The van der Waals surface area contributed by atoms with Crippen LogP contribution in [0.1, 0.15) is 63.1 Å². The SMILES string of the molecule is CCN(CC)Cc1c(C=C2C(=O)NN=C2OC(C)C)[nH]c2c1CCCC2. The Morgan fingerprint density at radius 2 is 1.96 bits per heavy atom. The highest BCUT2D eigenvalue weighted by Crippen LogP contribution is 2.30. The Morgan fingerprint density at radius 1 is 1.23 bits per heavy atom. The second kappa shape index (κ2) is 8.08. The van der Waals surface area contributed by atoms with Crippen LogP contribution in [0.4, 0.5) is 0 Å². The van der Waals surface area contributed by atoms with Crippen molar-refractivity contribution in [3.05, 3.63) is 28.1 Å². The number of aromatic amines is 1. The summed E-state index contributed by atoms with van der Waals surface area (Å²) in [6, 6.07) is 0. The lowest BCUT2D eigenvalue weighted by atomic mass is 9.94. The molecule has 2 heterocycles. The summed E-state index contributed by atoms with van der Waals surface area (Å²) < 4.78 is 5.71. The predicted molar refractivity (Wildman–Crippen MR) is 104 cm³/mol. The summed E-state index contributed by atoms with van der Waals surface area (Å²) in [6.07, 6.45) is 6.53. The molecular formula is C20H30N4O2. The van der Waals surface area contributed by atoms with Crippen LogP contribution in [0.25, 0.3) is 6.08 Å². The van der Waals surface area contributed by atoms with Crippen molar-refractivity contribution in [3.8, 4) is 0 Å². The van der Waals surface area contributed by atoms with Gasteiger partial charge in [-0.05, 0) is 69.8 Å². The average molecular weight is 358 g/mol. The van der Waals surface area contributed by atoms with Crippen LogP contribution in [0, 0.1) is 0 Å². The van der Waals surface area contributed by atoms with Crippen molar-refractivity contribution in [1.29, 1.82) is 0 Å². The van der Waals surface area contributed by atoms with Crippen LogP contribution in [-0.2, 0) is 28.9 Å². The van der Waals surface area contributed by atoms with E-state index in [1.165, 1.54) is 29.7 Å². The molecule has 1 amide bonds. The lowest BCUT2D eigenvalue weighted by molar-refractivity contribution is -0.116. The minimum atomic E-state index is -0.206. The zero-order valence-electron chi connectivity index (χ0n) is 16.3. The number of hydrogen-bond donors (Lipinski definition) is 2. The first-order valence-electron chi connectivity index (χ1n) is 9.75. The van der Waals surface area contributed by atoms with Gasteiger partial charge in [-0.3, -0.25) is 9.69 Å². The lowest BCUT2D eigenvalue weighted by Crippen LogP contribution is -2.23. The van der Waals surface area contributed by atoms with E-state index >= 15 is 0 Å². The van der Waals surface area contributed by atoms with Gasteiger partial charge >= 0.3 is 0 Å². The van der Waals surface area contributed by atoms with Gasteiger partial charge in [-0.25, -0.2) is 5.43 Å². The van der Waals surface area contributed by atoms with Gasteiger partial charge in [0.15, 0.2) is 0 Å². The molecule has 0 unspecified atom stereocenters. The van der Waals surface area contributed by atoms with E-state index in [4.69, 9.17) is 4.74 Å². The summed E-state index contributed by atoms with van der Waals surface area (Å²) in [6.45, 7) is 11.2. The van der Waals surface area contributed by atoms with Crippen molar-refractivity contribution < 1.29 is 9.53 Å². The van der Waals surface area contributed by atoms with E-state index in [1.54, 1.807) is 0 Å². The largest absolute Gasteiger partial charge is 0.473 e. The number of hydrazone groups is 1. The number of amides is 1. The fourth-order valence-corrected chi connectivity index (χ4v) is 3.66. The minimum absolute atomic E-state index is 0.0307. The van der Waals surface area contributed by atoms with E-state index in [1.807, 2.05) is 19.9 Å². The number of ether oxygens (including phenoxy) is 1. The van der Waals surface area contributed by atoms with E-state index in [0.29, 0.717) is 11.5 Å². The molecule has 6 heteroatoms. The standard InChI is InChI=1S/C20H30N4O2/c1-5-24(6-2)12-16-14-9-7-8-10-17(14)21-18(16)11-15-19(25)22-23-20(15)26-13(3)4/h11,13,21H,5-10,12H2,1-4H3,(H,22,25). The van der Waals surface area contributed by atoms with Crippen LogP contribution >= 0.6 is 0 Å². The molecule has 1 aliphatic heterocycles. The van der Waals surface area contributed by atoms with Crippen molar-refractivity contribution in [2.24, 2.45) is 5.10 Å². The van der Waals surface area contributed by atoms with Gasteiger partial charge in [-0.15, -0.1) is 5.10 Å². The van der Waals surface area contributed by atoms with Crippen LogP contribution < -0.4 is 5.43 Å². The molecule has 26 heavy (non-hydrogen) atoms. The lowest BCUT2D eigenvalue weighted by Gasteiger charge is -2.20. The van der Waals surface area contributed by atoms with Crippen LogP contribution in [0.15, 0.2) is 10.7 Å². The van der Waals surface area contributed by atoms with Crippen LogP contribution in [0.2, 0.25) is 0 Å². The maximum absolute atomic E-state index is 12.3. The molecule has 0 fully saturated rings. The zero-order chi connectivity index (χ0) is 18.7. The van der Waals surface area contributed by atoms with Crippen LogP contribution in [-0.4, -0.2) is 40.9 Å². The summed E-state index contributed by atoms with van der Waals surface area (Å²) in [5, 5.41) is 4.04. The molecule has 0 radical (unpaired) electrons. The van der Waals surface area contributed by atoms with Gasteiger partial charge in [0.05, 0.1) is 6.10 Å². The summed E-state index contributed by atoms with van der Waals surface area (Å²) >= 11 is 0. The van der Waals surface area contributed by atoms with E-state index in [9.17, 15) is 4.79 Å². The van der Waals surface area contributed by atoms with Crippen molar-refractivity contribution in [1.82, 2.24) is 15.3 Å². The first kappa shape index (κ1) is 18.7. The molecular weight excluding hydrogens is 328 g/mol. The highest BCUT2D eigenvalue weighted by atomic mass is 16.5. The van der Waals surface area contributed by atoms with Crippen molar-refractivity contribution in [2.45, 2.75) is 66.0 Å². The van der Waals surface area contributed by atoms with E-state index in [-0.39, 0.29) is 12.0 Å². The quantitative estimate of drug-likeness (QED) is 0.768. The van der Waals surface area contributed by atoms with Crippen molar-refractivity contribution >= 4 is 17.9 Å². The zero-order valence-corrected chi connectivity index (χ0v) is 16.3. The Kier molecular flexibility index (Phi) is 5.81. The maximum Gasteiger partial charge on any atom is 0.277 e. The first-order valence-corrected chi connectivity index (χ1v) is 9.75. The minimum Gasteiger partial charge on any atom is -0.473 e. The summed E-state index contributed by atoms with van der Waals surface area (Å²) in [4.78, 5) is 18.3. The molecule has 1 aromatic heterocycles. The van der Waals surface area contributed by atoms with Gasteiger partial charge in [0, 0.05) is 17.9 Å². The third-order valence-corrected chi connectivity index (χ3v) is 5.09. The molecule has 142 valence electrons. The van der Waals surface area contributed by atoms with Gasteiger partial charge in [-0.2, -0.15) is 0 Å². The number of carbonyl (C=O) groups excluding carboxylic acids is 1. The molecule has 0 spiro atoms. The van der Waals surface area contributed by atoms with Gasteiger partial charge in [0.25, 0.3) is 5.91 Å². The normalized spacial score (nSPS) is 18.5. The molecule has 1 aliphatic carbocycles. The second-order valence-electron chi connectivity index (χ2n) is 7.23. The van der Waals surface area contributed by atoms with E-state index in [2.05, 4.69) is 34.3 Å². The summed E-state index contributed by atoms with van der Waals surface area (Å²) in [5.74, 6) is 0.174. The summed E-state index contributed by atoms with van der Waals surface area (Å²) in [5.41, 5.74) is 8.13. The molecule has 0 bridgehead atoms. The fraction of sp³-hybridized carbons (Fsp3) is 0.600. The molecule has 0 saturated carbocycles. The number of aryl methyl sites for hydroxylation is 1. The number of aromatic nitrogens is 1. The Balaban J connectivity index is 1.99. The topological polar surface area (TPSA) is 69.7 Å². The third kappa shape index (κ3) is 3.85. The van der Waals surface area contributed by atoms with E-state index < -0.39 is 0 Å². The monoisotopic (exact) mass is 358 g/mol. The molecule has 1 aromatic rings. The number of rotatable bonds is 6. The van der Waals surface area contributed by atoms with Crippen LogP contribution in [0.3, 0.4) is 0 Å². The predicted octanol–water partition coefficient (Wildman–Crippen LogP) is 2.99. The van der Waals surface area contributed by atoms with Gasteiger partial charge in [0.1, 0.15) is 5.57 Å². The van der Waals surface area contributed by atoms with Crippen molar-refractivity contribution in [3.63, 3.8) is 0 Å². The molecule has 0 saturated heterocycles. The Bertz CT molecular complexity index is 726. The number of nitrogens with one attached hydrogen (secondary N) is 2. The molecule has 3 rings (SSSR count). The third-order valence-electron chi connectivity index (χ3n) is 5.09. The Labute approximate surface area is 155 Å². The number of fused-ring (bicyclic) bond motifs is 1. The van der Waals surface area contributed by atoms with Gasteiger partial charge in [0.2, 0.25) is 5.90 Å². The summed E-state index contributed by atoms with van der Waals surface area (Å²) in [7, 11) is 0. The molecule has 0 atom stereocenters. The van der Waals surface area contributed by atoms with Gasteiger partial charge < -0.3 is 9.72 Å². The second-order valence-corrected chi connectivity index (χ2v) is 7.23. The highest BCUT2D eigenvalue weighted by molar-refractivity contribution is 6.24. The maximum atomic E-state index is 12.3. The Morgan fingerprint density at radius 3 is 2.65 bits per heavy atom. The average Bonchev–Trinajstić information content (AvgIpc) is 3.14. The molecule has 6 nitrogen and oxygen atoms in total. The molecule has 2 N–H and O–H groups in total. The smallest absolute Gasteiger partial charge is 0.277 e. The van der Waals surface area contributed by atoms with Crippen LogP contribution in [0.5, 0.6) is 0 Å². The molecule has 0 aromatic carbocycles. The number of H-pyrrole nitrogens is 1.